The van der Waals surface area contributed by atoms with Crippen LogP contribution in [0.15, 0.2) is 53.4 Å². The molecule has 0 aliphatic carbocycles. The Morgan fingerprint density at radius 2 is 1.69 bits per heavy atom. The number of piperazine rings is 1. The van der Waals surface area contributed by atoms with Crippen molar-refractivity contribution in [2.45, 2.75) is 18.4 Å². The Bertz CT molecular complexity index is 901. The van der Waals surface area contributed by atoms with Crippen molar-refractivity contribution in [2.75, 3.05) is 32.4 Å². The molecule has 0 saturated carbocycles. The van der Waals surface area contributed by atoms with Crippen LogP contribution in [0.2, 0.25) is 0 Å². The molecule has 0 unspecified atom stereocenters. The Morgan fingerprint density at radius 1 is 1.00 bits per heavy atom. The van der Waals surface area contributed by atoms with Gasteiger partial charge in [0.2, 0.25) is 0 Å². The number of hydrogen-bond acceptors (Lipinski definition) is 4. The summed E-state index contributed by atoms with van der Waals surface area (Å²) in [6, 6.07) is 14.9. The molecule has 0 N–H and O–H groups in total. The molecule has 0 radical (unpaired) electrons. The zero-order chi connectivity index (χ0) is 18.7. The summed E-state index contributed by atoms with van der Waals surface area (Å²) in [6.07, 6.45) is 1.14. The predicted molar refractivity (Wildman–Crippen MR) is 102 cm³/mol. The summed E-state index contributed by atoms with van der Waals surface area (Å²) in [5, 5.41) is 0. The van der Waals surface area contributed by atoms with E-state index in [1.165, 1.54) is 17.2 Å². The van der Waals surface area contributed by atoms with Gasteiger partial charge in [0, 0.05) is 39.0 Å². The lowest BCUT2D eigenvalue weighted by molar-refractivity contribution is 0.0624. The van der Waals surface area contributed by atoms with Crippen molar-refractivity contribution in [3.05, 3.63) is 65.2 Å². The predicted octanol–water partition coefficient (Wildman–Crippen LogP) is 2.36. The average molecular weight is 372 g/mol. The summed E-state index contributed by atoms with van der Waals surface area (Å²) in [5.74, 6) is -0.207. The Morgan fingerprint density at radius 3 is 2.35 bits per heavy atom. The minimum absolute atomic E-state index is 0.104. The fraction of sp³-hybridized carbons (Fsp3) is 0.350. The molecule has 2 aromatic carbocycles. The molecule has 0 aromatic heterocycles. The lowest BCUT2D eigenvalue weighted by Crippen LogP contribution is -2.48. The molecular weight excluding hydrogens is 348 g/mol. The van der Waals surface area contributed by atoms with E-state index in [2.05, 4.69) is 36.1 Å². The fourth-order valence-corrected chi connectivity index (χ4v) is 4.20. The smallest absolute Gasteiger partial charge is 0.255 e. The van der Waals surface area contributed by atoms with Crippen LogP contribution >= 0.6 is 0 Å². The molecule has 1 amide bonds. The van der Waals surface area contributed by atoms with E-state index in [1.54, 1.807) is 23.1 Å². The van der Waals surface area contributed by atoms with Gasteiger partial charge in [-0.1, -0.05) is 42.0 Å². The van der Waals surface area contributed by atoms with Crippen LogP contribution < -0.4 is 0 Å². The third-order valence-corrected chi connectivity index (χ3v) is 5.82. The normalized spacial score (nSPS) is 15.8. The maximum atomic E-state index is 12.8. The van der Waals surface area contributed by atoms with Gasteiger partial charge in [-0.25, -0.2) is 8.42 Å². The topological polar surface area (TPSA) is 57.7 Å². The molecular formula is C20H24N2O3S. The van der Waals surface area contributed by atoms with Crippen molar-refractivity contribution in [1.82, 2.24) is 9.80 Å². The largest absolute Gasteiger partial charge is 0.336 e. The summed E-state index contributed by atoms with van der Waals surface area (Å²) in [5.41, 5.74) is 2.78. The van der Waals surface area contributed by atoms with Crippen molar-refractivity contribution < 1.29 is 13.2 Å². The van der Waals surface area contributed by atoms with Crippen LogP contribution in [0.25, 0.3) is 0 Å². The Balaban J connectivity index is 1.66. The van der Waals surface area contributed by atoms with Crippen LogP contribution in [0, 0.1) is 6.92 Å². The van der Waals surface area contributed by atoms with Crippen molar-refractivity contribution in [3.63, 3.8) is 0 Å². The second-order valence-electron chi connectivity index (χ2n) is 6.83. The maximum absolute atomic E-state index is 12.8. The number of carbonyl (C=O) groups excluding carboxylic acids is 1. The van der Waals surface area contributed by atoms with Gasteiger partial charge in [0.15, 0.2) is 9.84 Å². The van der Waals surface area contributed by atoms with E-state index >= 15 is 0 Å². The molecule has 1 aliphatic heterocycles. The number of amides is 1. The number of nitrogens with zero attached hydrogens (tertiary/aromatic N) is 2. The minimum atomic E-state index is -3.43. The van der Waals surface area contributed by atoms with E-state index in [-0.39, 0.29) is 16.4 Å². The first-order valence-electron chi connectivity index (χ1n) is 8.71. The molecule has 5 nitrogen and oxygen atoms in total. The Labute approximate surface area is 155 Å². The van der Waals surface area contributed by atoms with Gasteiger partial charge in [0.05, 0.1) is 10.5 Å². The number of sulfone groups is 1. The summed E-state index contributed by atoms with van der Waals surface area (Å²) in [7, 11) is -3.43. The molecule has 2 aromatic rings. The molecule has 0 bridgehead atoms. The van der Waals surface area contributed by atoms with Crippen LogP contribution in [0.4, 0.5) is 0 Å². The van der Waals surface area contributed by atoms with Gasteiger partial charge in [-0.15, -0.1) is 0 Å². The Hall–Kier alpha value is -2.18. The highest BCUT2D eigenvalue weighted by molar-refractivity contribution is 7.90. The molecule has 3 rings (SSSR count). The maximum Gasteiger partial charge on any atom is 0.255 e. The minimum Gasteiger partial charge on any atom is -0.336 e. The average Bonchev–Trinajstić information content (AvgIpc) is 2.61. The molecule has 138 valence electrons. The highest BCUT2D eigenvalue weighted by Crippen LogP contribution is 2.19. The van der Waals surface area contributed by atoms with E-state index in [9.17, 15) is 13.2 Å². The van der Waals surface area contributed by atoms with E-state index < -0.39 is 9.84 Å². The van der Waals surface area contributed by atoms with Gasteiger partial charge < -0.3 is 4.90 Å². The molecule has 0 atom stereocenters. The van der Waals surface area contributed by atoms with Crippen LogP contribution in [0.1, 0.15) is 21.5 Å². The molecule has 1 heterocycles. The summed E-state index contributed by atoms with van der Waals surface area (Å²) in [6.45, 7) is 5.70. The first-order valence-corrected chi connectivity index (χ1v) is 10.6. The summed E-state index contributed by atoms with van der Waals surface area (Å²) in [4.78, 5) is 17.0. The lowest BCUT2D eigenvalue weighted by atomic mass is 10.1. The van der Waals surface area contributed by atoms with Gasteiger partial charge in [-0.2, -0.15) is 0 Å². The molecule has 6 heteroatoms. The SMILES string of the molecule is Cc1cccc(CN2CCN(C(=O)c3ccccc3S(C)(=O)=O)CC2)c1. The standard InChI is InChI=1S/C20H24N2O3S/c1-16-6-5-7-17(14-16)15-21-10-12-22(13-11-21)20(23)18-8-3-4-9-19(18)26(2,24)25/h3-9,14H,10-13,15H2,1-2H3. The first-order chi connectivity index (χ1) is 12.3. The number of rotatable bonds is 4. The molecule has 1 fully saturated rings. The molecule has 1 aliphatic rings. The fourth-order valence-electron chi connectivity index (χ4n) is 3.31. The van der Waals surface area contributed by atoms with Gasteiger partial charge in [0.25, 0.3) is 5.91 Å². The van der Waals surface area contributed by atoms with E-state index in [0.717, 1.165) is 25.9 Å². The monoisotopic (exact) mass is 372 g/mol. The third-order valence-electron chi connectivity index (χ3n) is 4.67. The van der Waals surface area contributed by atoms with Gasteiger partial charge in [0.1, 0.15) is 0 Å². The van der Waals surface area contributed by atoms with Gasteiger partial charge >= 0.3 is 0 Å². The van der Waals surface area contributed by atoms with E-state index in [1.807, 2.05) is 0 Å². The lowest BCUT2D eigenvalue weighted by Gasteiger charge is -2.35. The van der Waals surface area contributed by atoms with Crippen LogP contribution in [0.3, 0.4) is 0 Å². The number of aryl methyl sites for hydroxylation is 1. The second kappa shape index (κ2) is 7.60. The Kier molecular flexibility index (Phi) is 5.44. The first kappa shape index (κ1) is 18.6. The van der Waals surface area contributed by atoms with Crippen molar-refractivity contribution >= 4 is 15.7 Å². The van der Waals surface area contributed by atoms with Crippen LogP contribution in [-0.2, 0) is 16.4 Å². The number of hydrogen-bond donors (Lipinski definition) is 0. The van der Waals surface area contributed by atoms with Crippen LogP contribution in [-0.4, -0.2) is 56.6 Å². The highest BCUT2D eigenvalue weighted by Gasteiger charge is 2.26. The molecule has 1 saturated heterocycles. The van der Waals surface area contributed by atoms with Crippen molar-refractivity contribution in [3.8, 4) is 0 Å². The zero-order valence-electron chi connectivity index (χ0n) is 15.2. The second-order valence-corrected chi connectivity index (χ2v) is 8.81. The third kappa shape index (κ3) is 4.31. The quantitative estimate of drug-likeness (QED) is 0.827. The van der Waals surface area contributed by atoms with Crippen molar-refractivity contribution in [2.24, 2.45) is 0 Å². The summed E-state index contributed by atoms with van der Waals surface area (Å²) < 4.78 is 23.9. The molecule has 0 spiro atoms. The number of benzene rings is 2. The summed E-state index contributed by atoms with van der Waals surface area (Å²) >= 11 is 0. The van der Waals surface area contributed by atoms with Gasteiger partial charge in [-0.3, -0.25) is 9.69 Å². The van der Waals surface area contributed by atoms with E-state index in [0.29, 0.717) is 13.1 Å². The molecule has 26 heavy (non-hydrogen) atoms. The zero-order valence-corrected chi connectivity index (χ0v) is 16.0. The van der Waals surface area contributed by atoms with E-state index in [4.69, 9.17) is 0 Å². The van der Waals surface area contributed by atoms with Crippen molar-refractivity contribution in [1.29, 1.82) is 0 Å². The number of carbonyl (C=O) groups is 1. The highest BCUT2D eigenvalue weighted by atomic mass is 32.2. The van der Waals surface area contributed by atoms with Crippen LogP contribution in [0.5, 0.6) is 0 Å². The van der Waals surface area contributed by atoms with Gasteiger partial charge in [-0.05, 0) is 24.6 Å².